The van der Waals surface area contributed by atoms with Crippen molar-refractivity contribution in [3.8, 4) is 5.69 Å². The monoisotopic (exact) mass is 491 g/mol. The molecule has 0 spiro atoms. The largest absolute Gasteiger partial charge is 0.352 e. The number of rotatable bonds is 1. The Morgan fingerprint density at radius 1 is 0.815 bits per heavy atom. The summed E-state index contributed by atoms with van der Waals surface area (Å²) in [6, 6.07) is 9.11. The van der Waals surface area contributed by atoms with E-state index < -0.39 is 0 Å². The molecule has 0 amide bonds. The standard InChI is InChI=1S/C20H19Br2N3O2/c21-15-16(22)20-11-5-4-10-19(15,20)13-8-9-14(20)25-18(27)23(17(26)24(13)25)12-6-2-1-3-7-12/h1-3,6-9,13-16H,4-5,10-11H2/t13-,14-,15+,16+,19+,20+/m0/s1. The van der Waals surface area contributed by atoms with Crippen molar-refractivity contribution in [1.29, 1.82) is 0 Å². The molecule has 0 N–H and O–H groups in total. The molecule has 140 valence electrons. The Labute approximate surface area is 172 Å². The molecule has 0 radical (unpaired) electrons. The summed E-state index contributed by atoms with van der Waals surface area (Å²) in [5.74, 6) is 0. The lowest BCUT2D eigenvalue weighted by Gasteiger charge is -2.76. The maximum Gasteiger partial charge on any atom is 0.352 e. The predicted octanol–water partition coefficient (Wildman–Crippen LogP) is 3.55. The van der Waals surface area contributed by atoms with E-state index in [9.17, 15) is 9.59 Å². The molecule has 6 atom stereocenters. The third kappa shape index (κ3) is 1.58. The van der Waals surface area contributed by atoms with E-state index in [1.165, 1.54) is 17.4 Å². The molecule has 2 aromatic rings. The lowest BCUT2D eigenvalue weighted by molar-refractivity contribution is -0.184. The fourth-order valence-corrected chi connectivity index (χ4v) is 9.41. The summed E-state index contributed by atoms with van der Waals surface area (Å²) in [4.78, 5) is 27.4. The molecule has 3 heterocycles. The van der Waals surface area contributed by atoms with Crippen LogP contribution in [0.2, 0.25) is 0 Å². The Kier molecular flexibility index (Phi) is 3.18. The second kappa shape index (κ2) is 5.17. The van der Waals surface area contributed by atoms with Crippen LogP contribution in [0.4, 0.5) is 0 Å². The van der Waals surface area contributed by atoms with Crippen LogP contribution in [0.5, 0.6) is 0 Å². The molecule has 2 aliphatic heterocycles. The number of hydrogen-bond donors (Lipinski definition) is 0. The molecule has 2 fully saturated rings. The lowest BCUT2D eigenvalue weighted by Crippen LogP contribution is -2.78. The van der Waals surface area contributed by atoms with Gasteiger partial charge in [-0.1, -0.05) is 75.1 Å². The average molecular weight is 493 g/mol. The first-order valence-electron chi connectivity index (χ1n) is 9.53. The summed E-state index contributed by atoms with van der Waals surface area (Å²) in [5, 5.41) is 0. The minimum Gasteiger partial charge on any atom is -0.245 e. The zero-order valence-corrected chi connectivity index (χ0v) is 17.8. The molecule has 7 heteroatoms. The van der Waals surface area contributed by atoms with Gasteiger partial charge in [0.05, 0.1) is 17.8 Å². The van der Waals surface area contributed by atoms with E-state index in [1.807, 2.05) is 30.3 Å². The molecule has 7 rings (SSSR count). The molecule has 3 aliphatic carbocycles. The molecule has 5 nitrogen and oxygen atoms in total. The van der Waals surface area contributed by atoms with Gasteiger partial charge < -0.3 is 0 Å². The van der Waals surface area contributed by atoms with E-state index >= 15 is 0 Å². The van der Waals surface area contributed by atoms with Gasteiger partial charge in [-0.3, -0.25) is 0 Å². The SMILES string of the molecule is O=c1n(-c2ccccc2)c(=O)n2n1[C@H]1C=C[C@H]2[C@@]23CCCC[C@]12[C@H](Br)[C@H]3Br. The normalized spacial score (nSPS) is 40.8. The third-order valence-electron chi connectivity index (χ3n) is 7.62. The Morgan fingerprint density at radius 2 is 1.30 bits per heavy atom. The first-order valence-corrected chi connectivity index (χ1v) is 11.4. The smallest absolute Gasteiger partial charge is 0.245 e. The minimum atomic E-state index is -0.225. The Hall–Kier alpha value is -1.34. The van der Waals surface area contributed by atoms with E-state index in [2.05, 4.69) is 44.0 Å². The van der Waals surface area contributed by atoms with Crippen molar-refractivity contribution in [3.05, 3.63) is 63.5 Å². The predicted molar refractivity (Wildman–Crippen MR) is 110 cm³/mol. The molecule has 27 heavy (non-hydrogen) atoms. The Balaban J connectivity index is 1.68. The highest BCUT2D eigenvalue weighted by molar-refractivity contribution is 9.12. The highest BCUT2D eigenvalue weighted by Gasteiger charge is 2.79. The quantitative estimate of drug-likeness (QED) is 0.451. The van der Waals surface area contributed by atoms with Gasteiger partial charge >= 0.3 is 11.4 Å². The summed E-state index contributed by atoms with van der Waals surface area (Å²) >= 11 is 7.91. The second-order valence-corrected chi connectivity index (χ2v) is 10.3. The third-order valence-corrected chi connectivity index (χ3v) is 11.0. The maximum absolute atomic E-state index is 13.4. The molecule has 0 unspecified atom stereocenters. The minimum absolute atomic E-state index is 0.00201. The van der Waals surface area contributed by atoms with E-state index in [1.54, 1.807) is 9.36 Å². The molecule has 0 saturated heterocycles. The molecule has 2 saturated carbocycles. The van der Waals surface area contributed by atoms with Crippen LogP contribution in [0.1, 0.15) is 37.8 Å². The second-order valence-electron chi connectivity index (χ2n) is 8.29. The maximum atomic E-state index is 13.4. The van der Waals surface area contributed by atoms with Crippen molar-refractivity contribution in [2.24, 2.45) is 10.8 Å². The Morgan fingerprint density at radius 3 is 1.78 bits per heavy atom. The molecule has 1 aromatic heterocycles. The first kappa shape index (κ1) is 16.6. The van der Waals surface area contributed by atoms with Gasteiger partial charge in [-0.15, -0.1) is 0 Å². The van der Waals surface area contributed by atoms with Crippen LogP contribution in [-0.4, -0.2) is 23.6 Å². The lowest BCUT2D eigenvalue weighted by atomic mass is 9.37. The van der Waals surface area contributed by atoms with Gasteiger partial charge in [0.1, 0.15) is 0 Å². The number of halogens is 2. The van der Waals surface area contributed by atoms with Crippen molar-refractivity contribution in [2.45, 2.75) is 47.4 Å². The first-order chi connectivity index (χ1) is 13.1. The summed E-state index contributed by atoms with van der Waals surface area (Å²) in [5.41, 5.74) is 0.182. The van der Waals surface area contributed by atoms with Gasteiger partial charge in [0.25, 0.3) is 0 Å². The molecule has 5 aliphatic rings. The summed E-state index contributed by atoms with van der Waals surface area (Å²) in [6.45, 7) is 0. The molecular weight excluding hydrogens is 474 g/mol. The van der Waals surface area contributed by atoms with Gasteiger partial charge in [0.15, 0.2) is 0 Å². The highest BCUT2D eigenvalue weighted by Crippen LogP contribution is 2.79. The van der Waals surface area contributed by atoms with Crippen LogP contribution in [0, 0.1) is 10.8 Å². The van der Waals surface area contributed by atoms with Crippen molar-refractivity contribution >= 4 is 31.9 Å². The van der Waals surface area contributed by atoms with E-state index in [4.69, 9.17) is 0 Å². The van der Waals surface area contributed by atoms with Crippen LogP contribution in [0.25, 0.3) is 5.69 Å². The molecule has 1 aromatic carbocycles. The van der Waals surface area contributed by atoms with Crippen LogP contribution >= 0.6 is 31.9 Å². The highest BCUT2D eigenvalue weighted by atomic mass is 79.9. The van der Waals surface area contributed by atoms with Crippen molar-refractivity contribution < 1.29 is 0 Å². The van der Waals surface area contributed by atoms with Crippen LogP contribution < -0.4 is 11.4 Å². The number of benzene rings is 1. The van der Waals surface area contributed by atoms with Gasteiger partial charge in [0.2, 0.25) is 0 Å². The van der Waals surface area contributed by atoms with Crippen LogP contribution in [-0.2, 0) is 0 Å². The average Bonchev–Trinajstić information content (AvgIpc) is 2.99. The summed E-state index contributed by atoms with van der Waals surface area (Å²) in [7, 11) is 0. The number of alkyl halides is 2. The number of hydrogen-bond acceptors (Lipinski definition) is 2. The van der Waals surface area contributed by atoms with E-state index in [-0.39, 0.29) is 34.3 Å². The summed E-state index contributed by atoms with van der Waals surface area (Å²) in [6.07, 6.45) is 8.90. The zero-order valence-electron chi connectivity index (χ0n) is 14.6. The van der Waals surface area contributed by atoms with Gasteiger partial charge in [-0.2, -0.15) is 0 Å². The number of aromatic nitrogens is 3. The van der Waals surface area contributed by atoms with E-state index in [0.29, 0.717) is 15.3 Å². The van der Waals surface area contributed by atoms with E-state index in [0.717, 1.165) is 12.8 Å². The Bertz CT molecular complexity index is 1040. The van der Waals surface area contributed by atoms with Gasteiger partial charge in [-0.25, -0.2) is 23.5 Å². The van der Waals surface area contributed by atoms with Crippen molar-refractivity contribution in [1.82, 2.24) is 13.9 Å². The number of nitrogens with zero attached hydrogens (tertiary/aromatic N) is 3. The summed E-state index contributed by atoms with van der Waals surface area (Å²) < 4.78 is 4.83. The number of allylic oxidation sites excluding steroid dienone is 2. The van der Waals surface area contributed by atoms with Crippen LogP contribution in [0.3, 0.4) is 0 Å². The zero-order chi connectivity index (χ0) is 18.6. The topological polar surface area (TPSA) is 48.9 Å². The van der Waals surface area contributed by atoms with Crippen LogP contribution in [0.15, 0.2) is 52.1 Å². The van der Waals surface area contributed by atoms with Gasteiger partial charge in [0, 0.05) is 20.5 Å². The molecular formula is C20H19Br2N3O2. The van der Waals surface area contributed by atoms with Gasteiger partial charge in [-0.05, 0) is 25.0 Å². The molecule has 2 bridgehead atoms. The van der Waals surface area contributed by atoms with Crippen molar-refractivity contribution in [2.75, 3.05) is 0 Å². The fraction of sp³-hybridized carbons (Fsp3) is 0.500. The number of para-hydroxylation sites is 1. The fourth-order valence-electron chi connectivity index (χ4n) is 6.62. The van der Waals surface area contributed by atoms with Crippen molar-refractivity contribution in [3.63, 3.8) is 0 Å².